The molecule has 0 aromatic rings. The monoisotopic (exact) mass is 216 g/mol. The summed E-state index contributed by atoms with van der Waals surface area (Å²) in [5, 5.41) is 17.4. The number of carbonyl (C=O) groups is 3. The lowest BCUT2D eigenvalue weighted by molar-refractivity contribution is -0.165. The van der Waals surface area contributed by atoms with Gasteiger partial charge in [0.15, 0.2) is 5.41 Å². The Morgan fingerprint density at radius 3 is 2.13 bits per heavy atom. The summed E-state index contributed by atoms with van der Waals surface area (Å²) in [4.78, 5) is 31.9. The summed E-state index contributed by atoms with van der Waals surface area (Å²) in [6, 6.07) is 0. The fraction of sp³-hybridized carbons (Fsp3) is 0.444. The Kier molecular flexibility index (Phi) is 4.50. The zero-order valence-corrected chi connectivity index (χ0v) is 8.23. The maximum atomic E-state index is 10.7. The molecule has 84 valence electrons. The highest BCUT2D eigenvalue weighted by molar-refractivity contribution is 5.97. The molecule has 15 heavy (non-hydrogen) atoms. The molecule has 0 saturated heterocycles. The van der Waals surface area contributed by atoms with E-state index in [0.717, 1.165) is 13.0 Å². The molecule has 0 rings (SSSR count). The van der Waals surface area contributed by atoms with Gasteiger partial charge >= 0.3 is 17.9 Å². The van der Waals surface area contributed by atoms with E-state index in [-0.39, 0.29) is 13.0 Å². The van der Waals surface area contributed by atoms with Crippen LogP contribution in [0.4, 0.5) is 0 Å². The SMILES string of the molecule is C=CC(=O)OCCC(C)(C(=O)O)C(=O)O. The van der Waals surface area contributed by atoms with Crippen LogP contribution in [-0.4, -0.2) is 34.7 Å². The van der Waals surface area contributed by atoms with E-state index in [2.05, 4.69) is 11.3 Å². The standard InChI is InChI=1S/C9H12O6/c1-3-6(10)15-5-4-9(2,7(11)12)8(13)14/h3H,1,4-5H2,2H3,(H,11,12)(H,13,14). The van der Waals surface area contributed by atoms with Crippen molar-refractivity contribution >= 4 is 17.9 Å². The van der Waals surface area contributed by atoms with Crippen LogP contribution < -0.4 is 0 Å². The van der Waals surface area contributed by atoms with Gasteiger partial charge in [-0.3, -0.25) is 9.59 Å². The third-order valence-electron chi connectivity index (χ3n) is 1.96. The average Bonchev–Trinajstić information content (AvgIpc) is 2.16. The third kappa shape index (κ3) is 3.41. The smallest absolute Gasteiger partial charge is 0.330 e. The van der Waals surface area contributed by atoms with E-state index in [1.807, 2.05) is 0 Å². The van der Waals surface area contributed by atoms with Gasteiger partial charge in [-0.1, -0.05) is 6.58 Å². The summed E-state index contributed by atoms with van der Waals surface area (Å²) in [6.07, 6.45) is 0.621. The van der Waals surface area contributed by atoms with Gasteiger partial charge in [0.2, 0.25) is 0 Å². The number of rotatable bonds is 6. The van der Waals surface area contributed by atoms with Gasteiger partial charge in [0, 0.05) is 12.5 Å². The Balaban J connectivity index is 4.33. The van der Waals surface area contributed by atoms with Crippen molar-refractivity contribution in [1.29, 1.82) is 0 Å². The zero-order chi connectivity index (χ0) is 12.1. The number of aliphatic carboxylic acids is 2. The Morgan fingerprint density at radius 1 is 1.33 bits per heavy atom. The van der Waals surface area contributed by atoms with Crippen LogP contribution >= 0.6 is 0 Å². The van der Waals surface area contributed by atoms with Gasteiger partial charge in [-0.15, -0.1) is 0 Å². The number of hydrogen-bond acceptors (Lipinski definition) is 4. The van der Waals surface area contributed by atoms with Gasteiger partial charge in [-0.25, -0.2) is 4.79 Å². The number of hydrogen-bond donors (Lipinski definition) is 2. The Bertz CT molecular complexity index is 279. The molecular weight excluding hydrogens is 204 g/mol. The summed E-state index contributed by atoms with van der Waals surface area (Å²) in [6.45, 7) is 3.92. The lowest BCUT2D eigenvalue weighted by Gasteiger charge is -2.18. The predicted octanol–water partition coefficient (Wildman–Crippen LogP) is 0.281. The summed E-state index contributed by atoms with van der Waals surface area (Å²) in [7, 11) is 0. The summed E-state index contributed by atoms with van der Waals surface area (Å²) in [5.41, 5.74) is -1.94. The van der Waals surface area contributed by atoms with Gasteiger partial charge in [0.05, 0.1) is 6.61 Å². The molecule has 0 unspecified atom stereocenters. The minimum Gasteiger partial charge on any atom is -0.480 e. The number of carboxylic acids is 2. The van der Waals surface area contributed by atoms with E-state index in [9.17, 15) is 14.4 Å². The fourth-order valence-corrected chi connectivity index (χ4v) is 0.720. The minimum atomic E-state index is -1.94. The molecule has 0 atom stereocenters. The number of esters is 1. The van der Waals surface area contributed by atoms with Crippen molar-refractivity contribution in [1.82, 2.24) is 0 Å². The first-order valence-corrected chi connectivity index (χ1v) is 4.10. The van der Waals surface area contributed by atoms with E-state index < -0.39 is 23.3 Å². The largest absolute Gasteiger partial charge is 0.480 e. The van der Waals surface area contributed by atoms with Crippen LogP contribution in [0.2, 0.25) is 0 Å². The highest BCUT2D eigenvalue weighted by Gasteiger charge is 2.41. The first-order valence-electron chi connectivity index (χ1n) is 4.10. The minimum absolute atomic E-state index is 0.278. The van der Waals surface area contributed by atoms with Crippen molar-refractivity contribution in [3.05, 3.63) is 12.7 Å². The van der Waals surface area contributed by atoms with E-state index in [1.165, 1.54) is 0 Å². The summed E-state index contributed by atoms with van der Waals surface area (Å²) >= 11 is 0. The molecule has 0 amide bonds. The molecule has 0 aromatic carbocycles. The van der Waals surface area contributed by atoms with Crippen LogP contribution in [0, 0.1) is 5.41 Å². The molecule has 0 bridgehead atoms. The predicted molar refractivity (Wildman–Crippen MR) is 49.2 cm³/mol. The Morgan fingerprint density at radius 2 is 1.80 bits per heavy atom. The van der Waals surface area contributed by atoms with E-state index >= 15 is 0 Å². The molecule has 0 aliphatic carbocycles. The van der Waals surface area contributed by atoms with Crippen molar-refractivity contribution in [2.75, 3.05) is 6.61 Å². The molecule has 6 heteroatoms. The van der Waals surface area contributed by atoms with Crippen molar-refractivity contribution in [3.63, 3.8) is 0 Å². The van der Waals surface area contributed by atoms with Crippen LogP contribution in [-0.2, 0) is 19.1 Å². The molecule has 0 aliphatic rings. The number of carbonyl (C=O) groups excluding carboxylic acids is 1. The van der Waals surface area contributed by atoms with Gasteiger partial charge in [0.25, 0.3) is 0 Å². The maximum Gasteiger partial charge on any atom is 0.330 e. The van der Waals surface area contributed by atoms with Gasteiger partial charge in [0.1, 0.15) is 0 Å². The molecule has 2 N–H and O–H groups in total. The molecule has 6 nitrogen and oxygen atoms in total. The second-order valence-corrected chi connectivity index (χ2v) is 3.06. The zero-order valence-electron chi connectivity index (χ0n) is 8.23. The topological polar surface area (TPSA) is 101 Å². The number of carboxylic acid groups (broad SMARTS) is 2. The average molecular weight is 216 g/mol. The van der Waals surface area contributed by atoms with E-state index in [0.29, 0.717) is 0 Å². The van der Waals surface area contributed by atoms with E-state index in [1.54, 1.807) is 0 Å². The van der Waals surface area contributed by atoms with Gasteiger partial charge < -0.3 is 14.9 Å². The lowest BCUT2D eigenvalue weighted by Crippen LogP contribution is -2.37. The van der Waals surface area contributed by atoms with Crippen molar-refractivity contribution < 1.29 is 29.3 Å². The first kappa shape index (κ1) is 13.2. The van der Waals surface area contributed by atoms with Crippen molar-refractivity contribution in [3.8, 4) is 0 Å². The molecule has 0 aliphatic heterocycles. The Labute approximate surface area is 86.2 Å². The molecule has 0 saturated carbocycles. The van der Waals surface area contributed by atoms with E-state index in [4.69, 9.17) is 10.2 Å². The van der Waals surface area contributed by atoms with Crippen LogP contribution in [0.3, 0.4) is 0 Å². The molecule has 0 fully saturated rings. The van der Waals surface area contributed by atoms with Crippen molar-refractivity contribution in [2.24, 2.45) is 5.41 Å². The quantitative estimate of drug-likeness (QED) is 0.375. The molecule has 0 heterocycles. The fourth-order valence-electron chi connectivity index (χ4n) is 0.720. The van der Waals surface area contributed by atoms with Crippen LogP contribution in [0.1, 0.15) is 13.3 Å². The molecule has 0 radical (unpaired) electrons. The molecule has 0 aromatic heterocycles. The summed E-state index contributed by atoms with van der Waals surface area (Å²) < 4.78 is 4.50. The third-order valence-corrected chi connectivity index (χ3v) is 1.96. The highest BCUT2D eigenvalue weighted by atomic mass is 16.5. The molecular formula is C9H12O6. The normalized spacial score (nSPS) is 10.5. The van der Waals surface area contributed by atoms with Crippen molar-refractivity contribution in [2.45, 2.75) is 13.3 Å². The van der Waals surface area contributed by atoms with Crippen LogP contribution in [0.5, 0.6) is 0 Å². The van der Waals surface area contributed by atoms with Crippen LogP contribution in [0.25, 0.3) is 0 Å². The Hall–Kier alpha value is -1.85. The number of ether oxygens (including phenoxy) is 1. The van der Waals surface area contributed by atoms with Gasteiger partial charge in [-0.2, -0.15) is 0 Å². The maximum absolute atomic E-state index is 10.7. The van der Waals surface area contributed by atoms with Crippen LogP contribution in [0.15, 0.2) is 12.7 Å². The highest BCUT2D eigenvalue weighted by Crippen LogP contribution is 2.22. The first-order chi connectivity index (χ1) is 6.84. The lowest BCUT2D eigenvalue weighted by atomic mass is 9.87. The second-order valence-electron chi connectivity index (χ2n) is 3.06. The summed E-state index contributed by atoms with van der Waals surface area (Å²) in [5.74, 6) is -3.65. The second kappa shape index (κ2) is 5.14. The molecule has 0 spiro atoms. The van der Waals surface area contributed by atoms with Gasteiger partial charge in [-0.05, 0) is 6.92 Å².